The molecule has 3 rings (SSSR count). The molecule has 2 aromatic carbocycles. The van der Waals surface area contributed by atoms with Gasteiger partial charge in [0.15, 0.2) is 0 Å². The first-order valence-electron chi connectivity index (χ1n) is 8.18. The van der Waals surface area contributed by atoms with Crippen LogP contribution < -0.4 is 5.32 Å². The summed E-state index contributed by atoms with van der Waals surface area (Å²) >= 11 is 0. The van der Waals surface area contributed by atoms with Gasteiger partial charge in [0.25, 0.3) is 17.3 Å². The number of carbonyl (C=O) groups is 1. The summed E-state index contributed by atoms with van der Waals surface area (Å²) in [5, 5.41) is 24.7. The molecule has 142 valence electrons. The van der Waals surface area contributed by atoms with Crippen LogP contribution in [0.5, 0.6) is 0 Å². The van der Waals surface area contributed by atoms with Crippen molar-refractivity contribution in [3.63, 3.8) is 0 Å². The summed E-state index contributed by atoms with van der Waals surface area (Å²) in [5.74, 6) is -0.0107. The first-order valence-corrected chi connectivity index (χ1v) is 8.18. The maximum atomic E-state index is 12.6. The van der Waals surface area contributed by atoms with Crippen molar-refractivity contribution < 1.29 is 19.1 Å². The fraction of sp³-hybridized carbons (Fsp3) is 0.105. The maximum Gasteiger partial charge on any atom is 0.293 e. The van der Waals surface area contributed by atoms with E-state index in [1.54, 1.807) is 26.0 Å². The molecular weight excluding hydrogens is 366 g/mol. The smallest absolute Gasteiger partial charge is 0.293 e. The third-order valence-electron chi connectivity index (χ3n) is 4.10. The zero-order valence-electron chi connectivity index (χ0n) is 15.0. The molecule has 0 radical (unpaired) electrons. The highest BCUT2D eigenvalue weighted by atomic mass is 16.6. The first kappa shape index (κ1) is 18.8. The van der Waals surface area contributed by atoms with Crippen LogP contribution in [-0.2, 0) is 0 Å². The van der Waals surface area contributed by atoms with Crippen molar-refractivity contribution >= 4 is 23.0 Å². The van der Waals surface area contributed by atoms with Crippen molar-refractivity contribution in [1.29, 1.82) is 0 Å². The fourth-order valence-electron chi connectivity index (χ4n) is 2.71. The summed E-state index contributed by atoms with van der Waals surface area (Å²) < 4.78 is 5.57. The molecule has 0 unspecified atom stereocenters. The van der Waals surface area contributed by atoms with Crippen molar-refractivity contribution in [2.75, 3.05) is 5.32 Å². The zero-order valence-corrected chi connectivity index (χ0v) is 15.0. The minimum absolute atomic E-state index is 0.0677. The largest absolute Gasteiger partial charge is 0.461 e. The van der Waals surface area contributed by atoms with Gasteiger partial charge in [-0.05, 0) is 31.5 Å². The van der Waals surface area contributed by atoms with Crippen LogP contribution >= 0.6 is 0 Å². The summed E-state index contributed by atoms with van der Waals surface area (Å²) in [5.41, 5.74) is 1.06. The molecule has 9 nitrogen and oxygen atoms in total. The highest BCUT2D eigenvalue weighted by Crippen LogP contribution is 2.30. The predicted octanol–water partition coefficient (Wildman–Crippen LogP) is 4.63. The second-order valence-electron chi connectivity index (χ2n) is 6.12. The van der Waals surface area contributed by atoms with Crippen molar-refractivity contribution in [2.45, 2.75) is 13.8 Å². The highest BCUT2D eigenvalue weighted by Gasteiger charge is 2.21. The van der Waals surface area contributed by atoms with Gasteiger partial charge in [-0.1, -0.05) is 18.2 Å². The number of nitrogens with one attached hydrogen (secondary N) is 1. The summed E-state index contributed by atoms with van der Waals surface area (Å²) in [6, 6.07) is 11.8. The van der Waals surface area contributed by atoms with E-state index in [4.69, 9.17) is 4.42 Å². The molecule has 0 aliphatic carbocycles. The molecule has 0 bridgehead atoms. The number of hydrogen-bond donors (Lipinski definition) is 1. The number of benzene rings is 2. The van der Waals surface area contributed by atoms with Crippen LogP contribution in [0.4, 0.5) is 17.1 Å². The minimum atomic E-state index is -0.579. The molecule has 1 amide bonds. The van der Waals surface area contributed by atoms with Crippen molar-refractivity contribution in [2.24, 2.45) is 0 Å². The normalized spacial score (nSPS) is 10.5. The van der Waals surface area contributed by atoms with Crippen LogP contribution in [0, 0.1) is 34.1 Å². The van der Waals surface area contributed by atoms with Gasteiger partial charge >= 0.3 is 0 Å². The standard InChI is InChI=1S/C19H15N3O6/c1-11-6-7-16(17(8-11)22(26)27)20-19(23)15-10-18(28-12(15)2)13-4-3-5-14(9-13)21(24)25/h3-10H,1-2H3,(H,20,23). The lowest BCUT2D eigenvalue weighted by Crippen LogP contribution is -2.13. The number of hydrogen-bond acceptors (Lipinski definition) is 6. The van der Waals surface area contributed by atoms with Gasteiger partial charge < -0.3 is 9.73 Å². The molecule has 9 heteroatoms. The number of nitro benzene ring substituents is 2. The van der Waals surface area contributed by atoms with Gasteiger partial charge in [0.05, 0.1) is 15.4 Å². The SMILES string of the molecule is Cc1ccc(NC(=O)c2cc(-c3cccc([N+](=O)[O-])c3)oc2C)c([N+](=O)[O-])c1. The van der Waals surface area contributed by atoms with E-state index in [1.807, 2.05) is 0 Å². The molecule has 0 saturated carbocycles. The molecule has 0 aliphatic rings. The lowest BCUT2D eigenvalue weighted by atomic mass is 10.1. The van der Waals surface area contributed by atoms with Gasteiger partial charge in [-0.3, -0.25) is 25.0 Å². The van der Waals surface area contributed by atoms with E-state index in [2.05, 4.69) is 5.32 Å². The summed E-state index contributed by atoms with van der Waals surface area (Å²) in [6.07, 6.45) is 0. The van der Waals surface area contributed by atoms with Gasteiger partial charge in [0, 0.05) is 23.8 Å². The second-order valence-corrected chi connectivity index (χ2v) is 6.12. The summed E-state index contributed by atoms with van der Waals surface area (Å²) in [4.78, 5) is 33.7. The average Bonchev–Trinajstić information content (AvgIpc) is 3.05. The van der Waals surface area contributed by atoms with Crippen molar-refractivity contribution in [3.8, 4) is 11.3 Å². The van der Waals surface area contributed by atoms with E-state index in [-0.39, 0.29) is 34.1 Å². The number of furan rings is 1. The van der Waals surface area contributed by atoms with E-state index in [0.717, 1.165) is 0 Å². The van der Waals surface area contributed by atoms with Crippen LogP contribution in [0.1, 0.15) is 21.7 Å². The number of anilines is 1. The van der Waals surface area contributed by atoms with Gasteiger partial charge in [-0.25, -0.2) is 0 Å². The second kappa shape index (κ2) is 7.31. The quantitative estimate of drug-likeness (QED) is 0.507. The first-order chi connectivity index (χ1) is 13.3. The number of amides is 1. The number of non-ortho nitro benzene ring substituents is 1. The Morgan fingerprint density at radius 3 is 2.43 bits per heavy atom. The summed E-state index contributed by atoms with van der Waals surface area (Å²) in [7, 11) is 0. The van der Waals surface area contributed by atoms with Gasteiger partial charge in [-0.2, -0.15) is 0 Å². The van der Waals surface area contributed by atoms with E-state index in [1.165, 1.54) is 36.4 Å². The molecule has 0 fully saturated rings. The average molecular weight is 381 g/mol. The molecule has 1 heterocycles. The molecule has 0 aliphatic heterocycles. The Labute approximate surface area is 158 Å². The molecule has 3 aromatic rings. The van der Waals surface area contributed by atoms with Gasteiger partial charge in [0.1, 0.15) is 17.2 Å². The highest BCUT2D eigenvalue weighted by molar-refractivity contribution is 6.06. The van der Waals surface area contributed by atoms with Crippen LogP contribution in [-0.4, -0.2) is 15.8 Å². The minimum Gasteiger partial charge on any atom is -0.461 e. The zero-order chi connectivity index (χ0) is 20.4. The predicted molar refractivity (Wildman–Crippen MR) is 101 cm³/mol. The lowest BCUT2D eigenvalue weighted by molar-refractivity contribution is -0.384. The van der Waals surface area contributed by atoms with Crippen LogP contribution in [0.15, 0.2) is 52.9 Å². The Kier molecular flexibility index (Phi) is 4.90. The Hall–Kier alpha value is -4.01. The fourth-order valence-corrected chi connectivity index (χ4v) is 2.71. The van der Waals surface area contributed by atoms with Gasteiger partial charge in [0.2, 0.25) is 0 Å². The van der Waals surface area contributed by atoms with Crippen molar-refractivity contribution in [1.82, 2.24) is 0 Å². The molecular formula is C19H15N3O6. The Morgan fingerprint density at radius 2 is 1.75 bits per heavy atom. The van der Waals surface area contributed by atoms with E-state index >= 15 is 0 Å². The molecule has 0 spiro atoms. The van der Waals surface area contributed by atoms with E-state index < -0.39 is 15.8 Å². The topological polar surface area (TPSA) is 129 Å². The number of rotatable bonds is 5. The Bertz CT molecular complexity index is 1100. The number of nitrogens with zero attached hydrogens (tertiary/aromatic N) is 2. The molecule has 1 aromatic heterocycles. The number of aryl methyl sites for hydroxylation is 2. The van der Waals surface area contributed by atoms with E-state index in [9.17, 15) is 25.0 Å². The van der Waals surface area contributed by atoms with Crippen molar-refractivity contribution in [3.05, 3.63) is 85.6 Å². The van der Waals surface area contributed by atoms with Crippen LogP contribution in [0.2, 0.25) is 0 Å². The molecule has 1 N–H and O–H groups in total. The molecule has 0 saturated heterocycles. The molecule has 28 heavy (non-hydrogen) atoms. The van der Waals surface area contributed by atoms with Gasteiger partial charge in [-0.15, -0.1) is 0 Å². The number of carbonyl (C=O) groups excluding carboxylic acids is 1. The van der Waals surface area contributed by atoms with E-state index in [0.29, 0.717) is 11.1 Å². The Balaban J connectivity index is 1.92. The third kappa shape index (κ3) is 3.73. The third-order valence-corrected chi connectivity index (χ3v) is 4.10. The lowest BCUT2D eigenvalue weighted by Gasteiger charge is -2.06. The summed E-state index contributed by atoms with van der Waals surface area (Å²) in [6.45, 7) is 3.28. The van der Waals surface area contributed by atoms with Crippen LogP contribution in [0.25, 0.3) is 11.3 Å². The number of nitro groups is 2. The Morgan fingerprint density at radius 1 is 1.00 bits per heavy atom. The maximum absolute atomic E-state index is 12.6. The molecule has 0 atom stereocenters. The monoisotopic (exact) mass is 381 g/mol. The van der Waals surface area contributed by atoms with Crippen LogP contribution in [0.3, 0.4) is 0 Å².